The Kier molecular flexibility index (Phi) is 9.55. The first-order valence-electron chi connectivity index (χ1n) is 13.9. The molecule has 0 aromatic heterocycles. The van der Waals surface area contributed by atoms with Crippen LogP contribution >= 0.6 is 31.9 Å². The van der Waals surface area contributed by atoms with E-state index in [0.717, 1.165) is 8.95 Å². The van der Waals surface area contributed by atoms with Gasteiger partial charge in [-0.3, -0.25) is 9.59 Å². The molecule has 0 unspecified atom stereocenters. The summed E-state index contributed by atoms with van der Waals surface area (Å²) in [7, 11) is 0. The molecule has 0 fully saturated rings. The maximum absolute atomic E-state index is 12.0. The first-order chi connectivity index (χ1) is 20.4. The standard InChI is InChI=1S/2C18H16BrNO/c2*1-2-18(21)20-11-14-10-15(19)8-9-16(14)17(12-20)13-6-4-3-5-7-13/h2*2-10,17H,1,11-12H2/t2*17-/m10/s1. The summed E-state index contributed by atoms with van der Waals surface area (Å²) in [5.41, 5.74) is 7.47. The number of carbonyl (C=O) groups is 2. The molecule has 0 N–H and O–H groups in total. The van der Waals surface area contributed by atoms with Crippen molar-refractivity contribution in [1.82, 2.24) is 9.80 Å². The van der Waals surface area contributed by atoms with Crippen molar-refractivity contribution in [3.8, 4) is 0 Å². The second-order valence-corrected chi connectivity index (χ2v) is 12.3. The van der Waals surface area contributed by atoms with Crippen LogP contribution in [0, 0.1) is 0 Å². The van der Waals surface area contributed by atoms with Crippen LogP contribution in [0.25, 0.3) is 0 Å². The van der Waals surface area contributed by atoms with Crippen LogP contribution in [-0.4, -0.2) is 34.7 Å². The molecule has 2 heterocycles. The Morgan fingerprint density at radius 2 is 1.00 bits per heavy atom. The van der Waals surface area contributed by atoms with Crippen LogP contribution in [0.1, 0.15) is 45.2 Å². The van der Waals surface area contributed by atoms with Crippen molar-refractivity contribution in [2.24, 2.45) is 0 Å². The smallest absolute Gasteiger partial charge is 0.246 e. The van der Waals surface area contributed by atoms with E-state index in [9.17, 15) is 9.59 Å². The number of rotatable bonds is 4. The molecule has 0 saturated carbocycles. The summed E-state index contributed by atoms with van der Waals surface area (Å²) < 4.78 is 2.09. The first-order valence-corrected chi connectivity index (χ1v) is 15.5. The van der Waals surface area contributed by atoms with Crippen molar-refractivity contribution in [2.45, 2.75) is 24.9 Å². The molecule has 4 aromatic rings. The van der Waals surface area contributed by atoms with Crippen LogP contribution in [-0.2, 0) is 22.7 Å². The summed E-state index contributed by atoms with van der Waals surface area (Å²) in [5.74, 6) is 0.405. The summed E-state index contributed by atoms with van der Waals surface area (Å²) in [6.45, 7) is 9.89. The number of carbonyl (C=O) groups excluding carboxylic acids is 2. The van der Waals surface area contributed by atoms with E-state index in [1.165, 1.54) is 45.5 Å². The predicted molar refractivity (Wildman–Crippen MR) is 176 cm³/mol. The van der Waals surface area contributed by atoms with Gasteiger partial charge in [0.25, 0.3) is 0 Å². The Balaban J connectivity index is 0.000000168. The van der Waals surface area contributed by atoms with E-state index in [1.54, 1.807) is 0 Å². The second kappa shape index (κ2) is 13.5. The summed E-state index contributed by atoms with van der Waals surface area (Å²) in [6.07, 6.45) is 2.79. The van der Waals surface area contributed by atoms with Crippen molar-refractivity contribution in [3.05, 3.63) is 165 Å². The van der Waals surface area contributed by atoms with Gasteiger partial charge in [-0.25, -0.2) is 0 Å². The molecule has 4 aromatic carbocycles. The van der Waals surface area contributed by atoms with E-state index in [0.29, 0.717) is 26.2 Å². The average molecular weight is 684 g/mol. The van der Waals surface area contributed by atoms with Crippen molar-refractivity contribution >= 4 is 43.7 Å². The van der Waals surface area contributed by atoms with Crippen molar-refractivity contribution in [3.63, 3.8) is 0 Å². The van der Waals surface area contributed by atoms with Crippen LogP contribution in [0.4, 0.5) is 0 Å². The fourth-order valence-corrected chi connectivity index (χ4v) is 6.63. The Labute approximate surface area is 264 Å². The number of hydrogen-bond acceptors (Lipinski definition) is 2. The first kappa shape index (κ1) is 29.7. The predicted octanol–water partition coefficient (Wildman–Crippen LogP) is 8.22. The van der Waals surface area contributed by atoms with Crippen molar-refractivity contribution in [1.29, 1.82) is 0 Å². The summed E-state index contributed by atoms with van der Waals surface area (Å²) in [4.78, 5) is 27.8. The monoisotopic (exact) mass is 682 g/mol. The summed E-state index contributed by atoms with van der Waals surface area (Å²) in [5, 5.41) is 0. The van der Waals surface area contributed by atoms with Crippen LogP contribution in [0.3, 0.4) is 0 Å². The number of fused-ring (bicyclic) bond motifs is 2. The van der Waals surface area contributed by atoms with Gasteiger partial charge in [-0.2, -0.15) is 0 Å². The van der Waals surface area contributed by atoms with E-state index in [-0.39, 0.29) is 23.7 Å². The number of nitrogens with zero attached hydrogens (tertiary/aromatic N) is 2. The third kappa shape index (κ3) is 6.66. The molecule has 0 bridgehead atoms. The van der Waals surface area contributed by atoms with Crippen LogP contribution in [0.2, 0.25) is 0 Å². The van der Waals surface area contributed by atoms with Gasteiger partial charge >= 0.3 is 0 Å². The van der Waals surface area contributed by atoms with Gasteiger partial charge in [-0.15, -0.1) is 0 Å². The summed E-state index contributed by atoms with van der Waals surface area (Å²) >= 11 is 7.03. The van der Waals surface area contributed by atoms with Crippen LogP contribution in [0.15, 0.2) is 131 Å². The van der Waals surface area contributed by atoms with Gasteiger partial charge in [0.2, 0.25) is 11.8 Å². The molecule has 0 spiro atoms. The zero-order valence-electron chi connectivity index (χ0n) is 23.3. The molecule has 4 nitrogen and oxygen atoms in total. The molecular weight excluding hydrogens is 652 g/mol. The quantitative estimate of drug-likeness (QED) is 0.204. The van der Waals surface area contributed by atoms with Crippen LogP contribution < -0.4 is 0 Å². The minimum Gasteiger partial charge on any atom is -0.334 e. The topological polar surface area (TPSA) is 40.6 Å². The molecule has 0 saturated heterocycles. The molecule has 42 heavy (non-hydrogen) atoms. The zero-order valence-corrected chi connectivity index (χ0v) is 26.4. The fraction of sp³-hybridized carbons (Fsp3) is 0.167. The normalized spacial score (nSPS) is 17.2. The Morgan fingerprint density at radius 3 is 1.36 bits per heavy atom. The van der Waals surface area contributed by atoms with E-state index in [4.69, 9.17) is 0 Å². The van der Waals surface area contributed by atoms with Gasteiger partial charge in [0.15, 0.2) is 0 Å². The molecule has 212 valence electrons. The third-order valence-corrected chi connectivity index (χ3v) is 8.85. The molecule has 6 heteroatoms. The minimum atomic E-state index is -0.0124. The summed E-state index contributed by atoms with van der Waals surface area (Å²) in [6, 6.07) is 33.4. The highest BCUT2D eigenvalue weighted by molar-refractivity contribution is 9.10. The van der Waals surface area contributed by atoms with Gasteiger partial charge in [0.05, 0.1) is 0 Å². The fourth-order valence-electron chi connectivity index (χ4n) is 5.81. The molecule has 0 aliphatic carbocycles. The lowest BCUT2D eigenvalue weighted by atomic mass is 9.84. The van der Waals surface area contributed by atoms with Crippen LogP contribution in [0.5, 0.6) is 0 Å². The average Bonchev–Trinajstić information content (AvgIpc) is 3.03. The second-order valence-electron chi connectivity index (χ2n) is 10.5. The molecule has 2 aliphatic rings. The maximum Gasteiger partial charge on any atom is 0.246 e. The lowest BCUT2D eigenvalue weighted by molar-refractivity contribution is -0.127. The molecule has 2 aliphatic heterocycles. The number of amides is 2. The SMILES string of the molecule is C=CC(=O)N1Cc2cc(Br)ccc2[C@@H](c2ccccc2)C1.C=CC(=O)N1Cc2cc(Br)ccc2[C@H](c2ccccc2)C1. The van der Waals surface area contributed by atoms with Gasteiger partial charge in [0.1, 0.15) is 0 Å². The minimum absolute atomic E-state index is 0.0124. The highest BCUT2D eigenvalue weighted by Gasteiger charge is 2.29. The number of benzene rings is 4. The van der Waals surface area contributed by atoms with Gasteiger partial charge in [-0.05, 0) is 69.8 Å². The maximum atomic E-state index is 12.0. The molecule has 2 amide bonds. The lowest BCUT2D eigenvalue weighted by Gasteiger charge is -2.34. The number of hydrogen-bond donors (Lipinski definition) is 0. The Morgan fingerprint density at radius 1 is 0.619 bits per heavy atom. The van der Waals surface area contributed by atoms with E-state index in [1.807, 2.05) is 46.2 Å². The van der Waals surface area contributed by atoms with Gasteiger partial charge in [0, 0.05) is 47.0 Å². The van der Waals surface area contributed by atoms with E-state index in [2.05, 4.69) is 106 Å². The van der Waals surface area contributed by atoms with Gasteiger partial charge < -0.3 is 9.80 Å². The van der Waals surface area contributed by atoms with E-state index < -0.39 is 0 Å². The highest BCUT2D eigenvalue weighted by atomic mass is 79.9. The molecule has 6 rings (SSSR count). The van der Waals surface area contributed by atoms with E-state index >= 15 is 0 Å². The molecular formula is C36H32Br2N2O2. The third-order valence-electron chi connectivity index (χ3n) is 7.87. The highest BCUT2D eigenvalue weighted by Crippen LogP contribution is 2.36. The largest absolute Gasteiger partial charge is 0.334 e. The number of halogens is 2. The van der Waals surface area contributed by atoms with Gasteiger partial charge in [-0.1, -0.05) is 118 Å². The Hall–Kier alpha value is -3.74. The lowest BCUT2D eigenvalue weighted by Crippen LogP contribution is -2.37. The Bertz CT molecular complexity index is 1480. The van der Waals surface area contributed by atoms with Crippen molar-refractivity contribution in [2.75, 3.05) is 13.1 Å². The molecule has 0 radical (unpaired) electrons. The molecule has 2 atom stereocenters. The van der Waals surface area contributed by atoms with Crippen molar-refractivity contribution < 1.29 is 9.59 Å². The zero-order chi connectivity index (χ0) is 29.6.